The van der Waals surface area contributed by atoms with Crippen LogP contribution in [0.1, 0.15) is 38.8 Å². The predicted octanol–water partition coefficient (Wildman–Crippen LogP) is 7.17. The molecule has 0 spiro atoms. The highest BCUT2D eigenvalue weighted by Gasteiger charge is 1.98. The van der Waals surface area contributed by atoms with Gasteiger partial charge in [0.25, 0.3) is 0 Å². The van der Waals surface area contributed by atoms with E-state index in [-0.39, 0.29) is 5.82 Å². The van der Waals surface area contributed by atoms with Crippen molar-refractivity contribution in [1.82, 2.24) is 0 Å². The first-order valence-corrected chi connectivity index (χ1v) is 9.31. The van der Waals surface area contributed by atoms with Crippen LogP contribution in [0.25, 0.3) is 5.57 Å². The van der Waals surface area contributed by atoms with Crippen molar-refractivity contribution in [3.05, 3.63) is 96.0 Å². The van der Waals surface area contributed by atoms with Crippen molar-refractivity contribution in [2.45, 2.75) is 34.6 Å². The van der Waals surface area contributed by atoms with Gasteiger partial charge >= 0.3 is 0 Å². The number of benzene rings is 2. The molecule has 2 rings (SSSR count). The number of nitrogens with zero attached hydrogens (tertiary/aromatic N) is 1. The molecule has 0 saturated carbocycles. The van der Waals surface area contributed by atoms with Crippen molar-refractivity contribution >= 4 is 11.3 Å². The lowest BCUT2D eigenvalue weighted by Crippen LogP contribution is -2.00. The van der Waals surface area contributed by atoms with Crippen LogP contribution in [0, 0.1) is 12.7 Å². The molecule has 0 fully saturated rings. The number of aryl methyl sites for hydroxylation is 1. The van der Waals surface area contributed by atoms with Gasteiger partial charge in [0.15, 0.2) is 0 Å². The second-order valence-electron chi connectivity index (χ2n) is 6.34. The van der Waals surface area contributed by atoms with Gasteiger partial charge in [0.2, 0.25) is 0 Å². The van der Waals surface area contributed by atoms with E-state index in [2.05, 4.69) is 48.8 Å². The van der Waals surface area contributed by atoms with E-state index < -0.39 is 0 Å². The van der Waals surface area contributed by atoms with Crippen LogP contribution in [0.3, 0.4) is 0 Å². The first-order valence-electron chi connectivity index (χ1n) is 9.31. The molecular weight excluding hydrogens is 349 g/mol. The zero-order chi connectivity index (χ0) is 20.9. The van der Waals surface area contributed by atoms with Gasteiger partial charge in [-0.2, -0.15) is 0 Å². The molecule has 0 amide bonds. The number of aliphatic imine (C=N–C) groups is 1. The van der Waals surface area contributed by atoms with Gasteiger partial charge in [-0.25, -0.2) is 4.39 Å². The number of hydrogen-bond acceptors (Lipinski definition) is 2. The summed E-state index contributed by atoms with van der Waals surface area (Å²) >= 11 is 0. The molecular formula is C25H30FNO. The molecule has 148 valence electrons. The molecule has 0 aliphatic rings. The highest BCUT2D eigenvalue weighted by molar-refractivity contribution is 5.80. The lowest BCUT2D eigenvalue weighted by Gasteiger charge is -2.06. The van der Waals surface area contributed by atoms with Gasteiger partial charge in [-0.3, -0.25) is 4.99 Å². The summed E-state index contributed by atoms with van der Waals surface area (Å²) in [6, 6.07) is 14.3. The topological polar surface area (TPSA) is 21.6 Å². The highest BCUT2D eigenvalue weighted by atomic mass is 19.1. The maximum Gasteiger partial charge on any atom is 0.130 e. The van der Waals surface area contributed by atoms with Crippen molar-refractivity contribution < 1.29 is 9.13 Å². The summed E-state index contributed by atoms with van der Waals surface area (Å²) in [6.07, 6.45) is 5.87. The van der Waals surface area contributed by atoms with E-state index in [0.717, 1.165) is 11.4 Å². The zero-order valence-electron chi connectivity index (χ0n) is 17.5. The first kappa shape index (κ1) is 23.1. The summed E-state index contributed by atoms with van der Waals surface area (Å²) in [5.41, 5.74) is 5.62. The van der Waals surface area contributed by atoms with Crippen molar-refractivity contribution in [2.24, 2.45) is 4.99 Å². The van der Waals surface area contributed by atoms with Crippen molar-refractivity contribution in [1.29, 1.82) is 0 Å². The second-order valence-corrected chi connectivity index (χ2v) is 6.34. The summed E-state index contributed by atoms with van der Waals surface area (Å²) in [5.74, 6) is 0.380. The second kappa shape index (κ2) is 12.4. The third-order valence-electron chi connectivity index (χ3n) is 3.89. The molecule has 3 heteroatoms. The number of rotatable bonds is 6. The summed E-state index contributed by atoms with van der Waals surface area (Å²) in [6.45, 7) is 14.1. The summed E-state index contributed by atoms with van der Waals surface area (Å²) < 4.78 is 18.1. The number of halogens is 1. The first-order chi connectivity index (χ1) is 13.4. The largest absolute Gasteiger partial charge is 0.487 e. The van der Waals surface area contributed by atoms with Gasteiger partial charge in [-0.05, 0) is 75.6 Å². The number of allylic oxidation sites excluding steroid dienone is 4. The van der Waals surface area contributed by atoms with Crippen LogP contribution in [-0.2, 0) is 0 Å². The van der Waals surface area contributed by atoms with Gasteiger partial charge in [0.1, 0.15) is 18.2 Å². The third-order valence-corrected chi connectivity index (χ3v) is 3.89. The molecule has 0 saturated heterocycles. The third kappa shape index (κ3) is 8.17. The fourth-order valence-corrected chi connectivity index (χ4v) is 2.44. The van der Waals surface area contributed by atoms with Crippen molar-refractivity contribution in [3.63, 3.8) is 0 Å². The summed E-state index contributed by atoms with van der Waals surface area (Å²) in [4.78, 5) is 4.31. The van der Waals surface area contributed by atoms with Crippen molar-refractivity contribution in [2.75, 3.05) is 6.61 Å². The Morgan fingerprint density at radius 3 is 2.18 bits per heavy atom. The minimum atomic E-state index is -0.263. The Hall–Kier alpha value is -2.94. The molecule has 0 atom stereocenters. The Bertz CT molecular complexity index is 841. The molecule has 2 nitrogen and oxygen atoms in total. The van der Waals surface area contributed by atoms with Gasteiger partial charge in [-0.1, -0.05) is 49.1 Å². The van der Waals surface area contributed by atoms with E-state index in [0.29, 0.717) is 12.4 Å². The Balaban J connectivity index is 0.000000292. The van der Waals surface area contributed by atoms with Crippen LogP contribution >= 0.6 is 0 Å². The molecule has 0 aliphatic carbocycles. The average molecular weight is 380 g/mol. The lowest BCUT2D eigenvalue weighted by atomic mass is 10.0. The minimum Gasteiger partial charge on any atom is -0.487 e. The van der Waals surface area contributed by atoms with Crippen LogP contribution in [0.2, 0.25) is 0 Å². The number of hydrogen-bond donors (Lipinski definition) is 0. The van der Waals surface area contributed by atoms with Gasteiger partial charge in [-0.15, -0.1) is 0 Å². The maximum absolute atomic E-state index is 12.6. The Kier molecular flexibility index (Phi) is 10.3. The van der Waals surface area contributed by atoms with Gasteiger partial charge < -0.3 is 4.74 Å². The molecule has 0 heterocycles. The molecule has 0 bridgehead atoms. The standard InChI is InChI=1S/C13H16FNO.C12H14/c1-4-12(15-10(2)3)9-16-13-7-5-11(14)6-8-13;1-4-11(5-2)12-9-7-6-8-10(12)3/h4-8H,9H2,1-3H3;4-9H,1H2,2-3H3/b12-4-;11-5+. The summed E-state index contributed by atoms with van der Waals surface area (Å²) in [7, 11) is 0. The molecule has 2 aromatic carbocycles. The molecule has 2 aromatic rings. The fraction of sp³-hybridized carbons (Fsp3) is 0.240. The van der Waals surface area contributed by atoms with Crippen LogP contribution in [0.4, 0.5) is 4.39 Å². The lowest BCUT2D eigenvalue weighted by molar-refractivity contribution is 0.350. The SMILES string of the molecule is C/C=C(/COc1ccc(F)cc1)N=C(C)C.C=C/C(=C\C)c1ccccc1C. The predicted molar refractivity (Wildman–Crippen MR) is 119 cm³/mol. The molecule has 0 aliphatic heterocycles. The van der Waals surface area contributed by atoms with E-state index >= 15 is 0 Å². The molecule has 0 aromatic heterocycles. The van der Waals surface area contributed by atoms with Crippen LogP contribution in [-0.4, -0.2) is 12.3 Å². The molecule has 0 unspecified atom stereocenters. The normalized spacial score (nSPS) is 11.2. The Morgan fingerprint density at radius 2 is 1.68 bits per heavy atom. The molecule has 28 heavy (non-hydrogen) atoms. The highest BCUT2D eigenvalue weighted by Crippen LogP contribution is 2.18. The van der Waals surface area contributed by atoms with E-state index in [1.165, 1.54) is 28.8 Å². The monoisotopic (exact) mass is 379 g/mol. The average Bonchev–Trinajstić information content (AvgIpc) is 2.69. The fourth-order valence-electron chi connectivity index (χ4n) is 2.44. The minimum absolute atomic E-state index is 0.263. The van der Waals surface area contributed by atoms with Crippen LogP contribution in [0.15, 0.2) is 84.0 Å². The van der Waals surface area contributed by atoms with E-state index in [1.54, 1.807) is 12.1 Å². The smallest absolute Gasteiger partial charge is 0.130 e. The Morgan fingerprint density at radius 1 is 1.04 bits per heavy atom. The van der Waals surface area contributed by atoms with E-state index in [1.807, 2.05) is 39.8 Å². The molecule has 0 N–H and O–H groups in total. The quantitative estimate of drug-likeness (QED) is 0.385. The zero-order valence-corrected chi connectivity index (χ0v) is 17.5. The van der Waals surface area contributed by atoms with Gasteiger partial charge in [0.05, 0.1) is 5.70 Å². The van der Waals surface area contributed by atoms with Gasteiger partial charge in [0, 0.05) is 5.71 Å². The molecule has 0 radical (unpaired) electrons. The number of ether oxygens (including phenoxy) is 1. The maximum atomic E-state index is 12.6. The van der Waals surface area contributed by atoms with E-state index in [4.69, 9.17) is 4.74 Å². The van der Waals surface area contributed by atoms with E-state index in [9.17, 15) is 4.39 Å². The van der Waals surface area contributed by atoms with Crippen molar-refractivity contribution in [3.8, 4) is 5.75 Å². The Labute approximate surface area is 168 Å². The van der Waals surface area contributed by atoms with Crippen LogP contribution < -0.4 is 4.74 Å². The van der Waals surface area contributed by atoms with Crippen LogP contribution in [0.5, 0.6) is 5.75 Å². The summed E-state index contributed by atoms with van der Waals surface area (Å²) in [5, 5.41) is 0.